The van der Waals surface area contributed by atoms with Gasteiger partial charge in [-0.25, -0.2) is 4.98 Å². The summed E-state index contributed by atoms with van der Waals surface area (Å²) in [6.07, 6.45) is 2.62. The predicted molar refractivity (Wildman–Crippen MR) is 71.5 cm³/mol. The summed E-state index contributed by atoms with van der Waals surface area (Å²) < 4.78 is 0. The maximum absolute atomic E-state index is 8.83. The number of nitrogens with zero attached hydrogens (tertiary/aromatic N) is 4. The van der Waals surface area contributed by atoms with Crippen LogP contribution in [0.2, 0.25) is 0 Å². The van der Waals surface area contributed by atoms with Crippen molar-refractivity contribution in [3.63, 3.8) is 0 Å². The van der Waals surface area contributed by atoms with Gasteiger partial charge < -0.3 is 15.7 Å². The summed E-state index contributed by atoms with van der Waals surface area (Å²) in [6.45, 7) is 7.14. The molecule has 1 fully saturated rings. The molecule has 0 saturated carbocycles. The molecule has 100 valence electrons. The highest BCUT2D eigenvalue weighted by Gasteiger charge is 2.19. The first-order valence-corrected chi connectivity index (χ1v) is 6.38. The molecular weight excluding hydrogens is 230 g/mol. The molecule has 0 spiro atoms. The number of aryl methyl sites for hydroxylation is 1. The van der Waals surface area contributed by atoms with Crippen molar-refractivity contribution >= 4 is 11.8 Å². The Labute approximate surface area is 107 Å². The molecule has 0 bridgehead atoms. The van der Waals surface area contributed by atoms with E-state index in [1.165, 1.54) is 0 Å². The molecule has 6 heteroatoms. The predicted octanol–water partition coefficient (Wildman–Crippen LogP) is -0.128. The van der Waals surface area contributed by atoms with Crippen molar-refractivity contribution in [2.75, 3.05) is 50.0 Å². The minimum Gasteiger partial charge on any atom is -0.396 e. The number of anilines is 2. The standard InChI is InChI=1S/C12H21N5O/c1-10-9-14-12(13)15-11(10)17-6-4-16(5-7-17)3-2-8-18/h9,18H,2-8H2,1H3,(H2,13,14,15). The van der Waals surface area contributed by atoms with Crippen LogP contribution in [0.5, 0.6) is 0 Å². The number of aromatic nitrogens is 2. The lowest BCUT2D eigenvalue weighted by Crippen LogP contribution is -2.47. The van der Waals surface area contributed by atoms with Crippen LogP contribution < -0.4 is 10.6 Å². The second kappa shape index (κ2) is 5.97. The fourth-order valence-corrected chi connectivity index (χ4v) is 2.24. The third-order valence-corrected chi connectivity index (χ3v) is 3.27. The molecule has 2 heterocycles. The Bertz CT molecular complexity index is 390. The number of piperazine rings is 1. The summed E-state index contributed by atoms with van der Waals surface area (Å²) >= 11 is 0. The van der Waals surface area contributed by atoms with E-state index in [-0.39, 0.29) is 6.61 Å². The van der Waals surface area contributed by atoms with Crippen LogP contribution in [0.3, 0.4) is 0 Å². The SMILES string of the molecule is Cc1cnc(N)nc1N1CCN(CCCO)CC1. The fraction of sp³-hybridized carbons (Fsp3) is 0.667. The highest BCUT2D eigenvalue weighted by molar-refractivity contribution is 5.48. The van der Waals surface area contributed by atoms with E-state index in [4.69, 9.17) is 10.8 Å². The molecule has 1 aromatic heterocycles. The van der Waals surface area contributed by atoms with Crippen molar-refractivity contribution in [3.05, 3.63) is 11.8 Å². The third kappa shape index (κ3) is 3.08. The monoisotopic (exact) mass is 251 g/mol. The van der Waals surface area contributed by atoms with Crippen molar-refractivity contribution in [1.29, 1.82) is 0 Å². The topological polar surface area (TPSA) is 78.5 Å². The molecule has 0 atom stereocenters. The van der Waals surface area contributed by atoms with E-state index in [1.54, 1.807) is 6.20 Å². The maximum Gasteiger partial charge on any atom is 0.221 e. The van der Waals surface area contributed by atoms with Gasteiger partial charge in [-0.1, -0.05) is 0 Å². The molecule has 1 aromatic rings. The largest absolute Gasteiger partial charge is 0.396 e. The quantitative estimate of drug-likeness (QED) is 0.776. The van der Waals surface area contributed by atoms with Crippen LogP contribution in [0.15, 0.2) is 6.20 Å². The minimum atomic E-state index is 0.266. The number of hydrogen-bond acceptors (Lipinski definition) is 6. The second-order valence-electron chi connectivity index (χ2n) is 4.64. The molecule has 2 rings (SSSR count). The number of hydrogen-bond donors (Lipinski definition) is 2. The molecular formula is C12H21N5O. The number of aliphatic hydroxyl groups excluding tert-OH is 1. The molecule has 6 nitrogen and oxygen atoms in total. The Morgan fingerprint density at radius 1 is 1.33 bits per heavy atom. The lowest BCUT2D eigenvalue weighted by atomic mass is 10.2. The molecule has 18 heavy (non-hydrogen) atoms. The van der Waals surface area contributed by atoms with E-state index >= 15 is 0 Å². The second-order valence-corrected chi connectivity index (χ2v) is 4.64. The number of rotatable bonds is 4. The van der Waals surface area contributed by atoms with Gasteiger partial charge >= 0.3 is 0 Å². The number of aliphatic hydroxyl groups is 1. The van der Waals surface area contributed by atoms with E-state index in [9.17, 15) is 0 Å². The van der Waals surface area contributed by atoms with Crippen LogP contribution in [0.4, 0.5) is 11.8 Å². The summed E-state index contributed by atoms with van der Waals surface area (Å²) in [5.41, 5.74) is 6.70. The van der Waals surface area contributed by atoms with E-state index in [0.717, 1.165) is 50.5 Å². The fourth-order valence-electron chi connectivity index (χ4n) is 2.24. The zero-order valence-electron chi connectivity index (χ0n) is 10.8. The third-order valence-electron chi connectivity index (χ3n) is 3.27. The van der Waals surface area contributed by atoms with Crippen LogP contribution >= 0.6 is 0 Å². The zero-order valence-corrected chi connectivity index (χ0v) is 10.8. The first-order chi connectivity index (χ1) is 8.70. The van der Waals surface area contributed by atoms with Gasteiger partial charge in [-0.3, -0.25) is 4.90 Å². The van der Waals surface area contributed by atoms with E-state index in [2.05, 4.69) is 19.8 Å². The Balaban J connectivity index is 1.94. The molecule has 0 amide bonds. The molecule has 0 radical (unpaired) electrons. The van der Waals surface area contributed by atoms with Crippen LogP contribution in [0.1, 0.15) is 12.0 Å². The van der Waals surface area contributed by atoms with Crippen molar-refractivity contribution in [2.24, 2.45) is 0 Å². The summed E-state index contributed by atoms with van der Waals surface area (Å²) in [4.78, 5) is 12.9. The van der Waals surface area contributed by atoms with Crippen molar-refractivity contribution < 1.29 is 5.11 Å². The van der Waals surface area contributed by atoms with E-state index in [0.29, 0.717) is 5.95 Å². The summed E-state index contributed by atoms with van der Waals surface area (Å²) in [5.74, 6) is 1.28. The lowest BCUT2D eigenvalue weighted by molar-refractivity contribution is 0.215. The molecule has 1 aliphatic rings. The Hall–Kier alpha value is -1.40. The molecule has 0 aromatic carbocycles. The highest BCUT2D eigenvalue weighted by atomic mass is 16.3. The zero-order chi connectivity index (χ0) is 13.0. The Morgan fingerprint density at radius 2 is 2.06 bits per heavy atom. The van der Waals surface area contributed by atoms with Crippen LogP contribution in [-0.2, 0) is 0 Å². The van der Waals surface area contributed by atoms with Crippen LogP contribution in [-0.4, -0.2) is 59.3 Å². The normalized spacial score (nSPS) is 17.1. The first-order valence-electron chi connectivity index (χ1n) is 6.38. The minimum absolute atomic E-state index is 0.266. The summed E-state index contributed by atoms with van der Waals surface area (Å²) in [5, 5.41) is 8.83. The van der Waals surface area contributed by atoms with Gasteiger partial charge in [0.1, 0.15) is 5.82 Å². The van der Waals surface area contributed by atoms with Gasteiger partial charge in [-0.15, -0.1) is 0 Å². The highest BCUT2D eigenvalue weighted by Crippen LogP contribution is 2.18. The number of nitrogens with two attached hydrogens (primary N) is 1. The van der Waals surface area contributed by atoms with Crippen molar-refractivity contribution in [3.8, 4) is 0 Å². The van der Waals surface area contributed by atoms with Crippen molar-refractivity contribution in [2.45, 2.75) is 13.3 Å². The van der Waals surface area contributed by atoms with Crippen LogP contribution in [0.25, 0.3) is 0 Å². The van der Waals surface area contributed by atoms with E-state index < -0.39 is 0 Å². The Kier molecular flexibility index (Phi) is 4.33. The molecule has 1 saturated heterocycles. The lowest BCUT2D eigenvalue weighted by Gasteiger charge is -2.35. The van der Waals surface area contributed by atoms with Crippen molar-refractivity contribution in [1.82, 2.24) is 14.9 Å². The van der Waals surface area contributed by atoms with Gasteiger partial charge in [0.25, 0.3) is 0 Å². The van der Waals surface area contributed by atoms with Gasteiger partial charge in [-0.05, 0) is 13.3 Å². The first kappa shape index (κ1) is 13.0. The van der Waals surface area contributed by atoms with Gasteiger partial charge in [0.2, 0.25) is 5.95 Å². The average molecular weight is 251 g/mol. The van der Waals surface area contributed by atoms with Gasteiger partial charge in [-0.2, -0.15) is 4.98 Å². The van der Waals surface area contributed by atoms with E-state index in [1.807, 2.05) is 6.92 Å². The van der Waals surface area contributed by atoms with Gasteiger partial charge in [0.15, 0.2) is 0 Å². The summed E-state index contributed by atoms with van der Waals surface area (Å²) in [6, 6.07) is 0. The molecule has 1 aliphatic heterocycles. The number of nitrogen functional groups attached to an aromatic ring is 1. The smallest absolute Gasteiger partial charge is 0.221 e. The van der Waals surface area contributed by atoms with Gasteiger partial charge in [0.05, 0.1) is 0 Å². The molecule has 3 N–H and O–H groups in total. The molecule has 0 unspecified atom stereocenters. The average Bonchev–Trinajstić information content (AvgIpc) is 2.40. The Morgan fingerprint density at radius 3 is 2.72 bits per heavy atom. The maximum atomic E-state index is 8.83. The van der Waals surface area contributed by atoms with Gasteiger partial charge in [0, 0.05) is 51.1 Å². The summed E-state index contributed by atoms with van der Waals surface area (Å²) in [7, 11) is 0. The van der Waals surface area contributed by atoms with Crippen LogP contribution in [0, 0.1) is 6.92 Å². The molecule has 0 aliphatic carbocycles.